The van der Waals surface area contributed by atoms with Gasteiger partial charge in [0.1, 0.15) is 4.21 Å². The zero-order valence-corrected chi connectivity index (χ0v) is 18.3. The van der Waals surface area contributed by atoms with Crippen LogP contribution in [0.2, 0.25) is 0 Å². The van der Waals surface area contributed by atoms with Crippen LogP contribution < -0.4 is 10.0 Å². The minimum absolute atomic E-state index is 0.236. The van der Waals surface area contributed by atoms with Crippen LogP contribution in [0.4, 0.5) is 11.4 Å². The molecule has 6 nitrogen and oxygen atoms in total. The summed E-state index contributed by atoms with van der Waals surface area (Å²) in [4.78, 5) is 17.1. The molecule has 0 spiro atoms. The summed E-state index contributed by atoms with van der Waals surface area (Å²) in [6.07, 6.45) is 0. The summed E-state index contributed by atoms with van der Waals surface area (Å²) in [7, 11) is -3.62. The lowest BCUT2D eigenvalue weighted by Crippen LogP contribution is -2.13. The molecular weight excluding hydrogens is 438 g/mol. The number of rotatable bonds is 6. The molecule has 2 N–H and O–H groups in total. The van der Waals surface area contributed by atoms with E-state index in [0.717, 1.165) is 27.6 Å². The number of nitrogens with one attached hydrogen (secondary N) is 2. The molecule has 152 valence electrons. The molecule has 0 saturated heterocycles. The maximum absolute atomic E-state index is 12.6. The van der Waals surface area contributed by atoms with Crippen LogP contribution in [-0.4, -0.2) is 19.3 Å². The summed E-state index contributed by atoms with van der Waals surface area (Å²) in [5, 5.41) is 7.53. The lowest BCUT2D eigenvalue weighted by Gasteiger charge is -2.09. The van der Waals surface area contributed by atoms with E-state index in [4.69, 9.17) is 0 Å². The van der Waals surface area contributed by atoms with Gasteiger partial charge in [-0.3, -0.25) is 9.52 Å². The van der Waals surface area contributed by atoms with Crippen molar-refractivity contribution in [3.05, 3.63) is 82.0 Å². The van der Waals surface area contributed by atoms with E-state index >= 15 is 0 Å². The standard InChI is InChI=1S/C21H17N3O3S3/c1-14-22-19(13-29-14)16-4-2-5-18(12-16)23-21(25)15-7-9-17(10-8-15)24-30(26,27)20-6-3-11-28-20/h2-13,24H,1H3,(H,23,25). The molecule has 0 saturated carbocycles. The third-order valence-electron chi connectivity index (χ3n) is 4.19. The maximum Gasteiger partial charge on any atom is 0.271 e. The Bertz CT molecular complexity index is 1280. The highest BCUT2D eigenvalue weighted by molar-refractivity contribution is 7.94. The molecule has 0 aliphatic heterocycles. The Labute approximate surface area is 182 Å². The number of thiophene rings is 1. The normalized spacial score (nSPS) is 11.2. The third-order valence-corrected chi connectivity index (χ3v) is 7.75. The van der Waals surface area contributed by atoms with Gasteiger partial charge in [-0.15, -0.1) is 22.7 Å². The minimum atomic E-state index is -3.62. The third kappa shape index (κ3) is 4.59. The Hall–Kier alpha value is -3.01. The van der Waals surface area contributed by atoms with Crippen LogP contribution in [0, 0.1) is 6.92 Å². The zero-order valence-electron chi connectivity index (χ0n) is 15.8. The molecule has 0 aliphatic carbocycles. The van der Waals surface area contributed by atoms with Crippen molar-refractivity contribution in [3.63, 3.8) is 0 Å². The van der Waals surface area contributed by atoms with E-state index in [9.17, 15) is 13.2 Å². The van der Waals surface area contributed by atoms with Gasteiger partial charge in [0, 0.05) is 27.9 Å². The number of hydrogen-bond acceptors (Lipinski definition) is 6. The second kappa shape index (κ2) is 8.39. The molecule has 2 aromatic heterocycles. The first-order valence-electron chi connectivity index (χ1n) is 8.91. The van der Waals surface area contributed by atoms with Gasteiger partial charge in [0.2, 0.25) is 0 Å². The molecule has 2 aromatic carbocycles. The maximum atomic E-state index is 12.6. The first-order valence-corrected chi connectivity index (χ1v) is 12.2. The van der Waals surface area contributed by atoms with Gasteiger partial charge < -0.3 is 5.32 Å². The average Bonchev–Trinajstić information content (AvgIpc) is 3.41. The van der Waals surface area contributed by atoms with Crippen LogP contribution in [0.25, 0.3) is 11.3 Å². The summed E-state index contributed by atoms with van der Waals surface area (Å²) in [5.41, 5.74) is 3.27. The summed E-state index contributed by atoms with van der Waals surface area (Å²) in [6, 6.07) is 17.0. The van der Waals surface area contributed by atoms with E-state index in [1.807, 2.05) is 36.6 Å². The molecule has 2 heterocycles. The van der Waals surface area contributed by atoms with Crippen molar-refractivity contribution in [2.45, 2.75) is 11.1 Å². The fraction of sp³-hybridized carbons (Fsp3) is 0.0476. The Morgan fingerprint density at radius 2 is 1.77 bits per heavy atom. The number of nitrogens with zero attached hydrogens (tertiary/aromatic N) is 1. The highest BCUT2D eigenvalue weighted by atomic mass is 32.2. The summed E-state index contributed by atoms with van der Waals surface area (Å²) in [6.45, 7) is 1.95. The van der Waals surface area contributed by atoms with Crippen molar-refractivity contribution in [2.24, 2.45) is 0 Å². The van der Waals surface area contributed by atoms with Crippen LogP contribution >= 0.6 is 22.7 Å². The van der Waals surface area contributed by atoms with Gasteiger partial charge in [-0.1, -0.05) is 18.2 Å². The van der Waals surface area contributed by atoms with Crippen LogP contribution in [-0.2, 0) is 10.0 Å². The molecular formula is C21H17N3O3S3. The number of carbonyl (C=O) groups is 1. The van der Waals surface area contributed by atoms with E-state index in [1.165, 1.54) is 6.07 Å². The van der Waals surface area contributed by atoms with Crippen molar-refractivity contribution < 1.29 is 13.2 Å². The first kappa shape index (κ1) is 20.3. The van der Waals surface area contributed by atoms with Gasteiger partial charge in [-0.2, -0.15) is 0 Å². The molecule has 0 fully saturated rings. The fourth-order valence-electron chi connectivity index (χ4n) is 2.77. The Morgan fingerprint density at radius 1 is 0.967 bits per heavy atom. The van der Waals surface area contributed by atoms with Crippen LogP contribution in [0.5, 0.6) is 0 Å². The quantitative estimate of drug-likeness (QED) is 0.416. The number of anilines is 2. The van der Waals surface area contributed by atoms with E-state index in [-0.39, 0.29) is 10.1 Å². The summed E-state index contributed by atoms with van der Waals surface area (Å²) >= 11 is 2.71. The largest absolute Gasteiger partial charge is 0.322 e. The molecule has 4 rings (SSSR count). The monoisotopic (exact) mass is 455 g/mol. The lowest BCUT2D eigenvalue weighted by atomic mass is 10.1. The smallest absolute Gasteiger partial charge is 0.271 e. The zero-order chi connectivity index (χ0) is 21.1. The molecule has 0 atom stereocenters. The number of benzene rings is 2. The van der Waals surface area contributed by atoms with Crippen molar-refractivity contribution in [1.29, 1.82) is 0 Å². The van der Waals surface area contributed by atoms with Crippen molar-refractivity contribution >= 4 is 50.0 Å². The molecule has 1 amide bonds. The van der Waals surface area contributed by atoms with Gasteiger partial charge in [-0.05, 0) is 54.8 Å². The second-order valence-electron chi connectivity index (χ2n) is 6.40. The number of hydrogen-bond donors (Lipinski definition) is 2. The van der Waals surface area contributed by atoms with E-state index in [1.54, 1.807) is 47.0 Å². The van der Waals surface area contributed by atoms with Gasteiger partial charge >= 0.3 is 0 Å². The number of aromatic nitrogens is 1. The number of sulfonamides is 1. The topological polar surface area (TPSA) is 88.2 Å². The van der Waals surface area contributed by atoms with Gasteiger partial charge in [0.05, 0.1) is 10.7 Å². The van der Waals surface area contributed by atoms with E-state index in [2.05, 4.69) is 15.0 Å². The predicted molar refractivity (Wildman–Crippen MR) is 122 cm³/mol. The van der Waals surface area contributed by atoms with Gasteiger partial charge in [0.15, 0.2) is 0 Å². The van der Waals surface area contributed by atoms with Crippen LogP contribution in [0.1, 0.15) is 15.4 Å². The molecule has 4 aromatic rings. The number of carbonyl (C=O) groups excluding carboxylic acids is 1. The summed E-state index contributed by atoms with van der Waals surface area (Å²) < 4.78 is 27.3. The minimum Gasteiger partial charge on any atom is -0.322 e. The average molecular weight is 456 g/mol. The van der Waals surface area contributed by atoms with Crippen molar-refractivity contribution in [2.75, 3.05) is 10.0 Å². The van der Waals surface area contributed by atoms with E-state index < -0.39 is 10.0 Å². The molecule has 0 unspecified atom stereocenters. The van der Waals surface area contributed by atoms with Gasteiger partial charge in [-0.25, -0.2) is 13.4 Å². The predicted octanol–water partition coefficient (Wildman–Crippen LogP) is 5.23. The summed E-state index contributed by atoms with van der Waals surface area (Å²) in [5.74, 6) is -0.283. The molecule has 9 heteroatoms. The SMILES string of the molecule is Cc1nc(-c2cccc(NC(=O)c3ccc(NS(=O)(=O)c4cccs4)cc3)c2)cs1. The Balaban J connectivity index is 1.46. The van der Waals surface area contributed by atoms with E-state index in [0.29, 0.717) is 16.9 Å². The van der Waals surface area contributed by atoms with Gasteiger partial charge in [0.25, 0.3) is 15.9 Å². The molecule has 0 radical (unpaired) electrons. The van der Waals surface area contributed by atoms with Crippen LogP contribution in [0.15, 0.2) is 75.6 Å². The van der Waals surface area contributed by atoms with Crippen molar-refractivity contribution in [3.8, 4) is 11.3 Å². The number of amides is 1. The lowest BCUT2D eigenvalue weighted by molar-refractivity contribution is 0.102. The number of aryl methyl sites for hydroxylation is 1. The van der Waals surface area contributed by atoms with Crippen LogP contribution in [0.3, 0.4) is 0 Å². The molecule has 30 heavy (non-hydrogen) atoms. The highest BCUT2D eigenvalue weighted by Crippen LogP contribution is 2.25. The molecule has 0 bridgehead atoms. The van der Waals surface area contributed by atoms with Crippen molar-refractivity contribution in [1.82, 2.24) is 4.98 Å². The first-order chi connectivity index (χ1) is 14.4. The fourth-order valence-corrected chi connectivity index (χ4v) is 5.44. The Kier molecular flexibility index (Phi) is 5.67. The number of thiazole rings is 1. The second-order valence-corrected chi connectivity index (χ2v) is 10.3. The highest BCUT2D eigenvalue weighted by Gasteiger charge is 2.15. The Morgan fingerprint density at radius 3 is 2.43 bits per heavy atom. The molecule has 0 aliphatic rings.